The van der Waals surface area contributed by atoms with E-state index in [2.05, 4.69) is 0 Å². The molecule has 16 heavy (non-hydrogen) atoms. The molecule has 0 bridgehead atoms. The first-order valence-corrected chi connectivity index (χ1v) is 4.47. The van der Waals surface area contributed by atoms with Crippen LogP contribution in [0.15, 0.2) is 12.1 Å². The van der Waals surface area contributed by atoms with Crippen molar-refractivity contribution in [2.45, 2.75) is 12.5 Å². The lowest BCUT2D eigenvalue weighted by molar-refractivity contribution is -0.387. The highest BCUT2D eigenvalue weighted by Gasteiger charge is 2.21. The van der Waals surface area contributed by atoms with Crippen molar-refractivity contribution in [2.75, 3.05) is 6.61 Å². The highest BCUT2D eigenvalue weighted by molar-refractivity contribution is 5.37. The normalized spacial score (nSPS) is 12.5. The summed E-state index contributed by atoms with van der Waals surface area (Å²) in [5.41, 5.74) is 4.35. The molecule has 0 aliphatic carbocycles. The third-order valence-electron chi connectivity index (χ3n) is 2.10. The molecule has 7 heteroatoms. The molecule has 5 nitrogen and oxygen atoms in total. The van der Waals surface area contributed by atoms with Gasteiger partial charge in [-0.05, 0) is 12.5 Å². The monoisotopic (exact) mass is 232 g/mol. The Balaban J connectivity index is 3.15. The summed E-state index contributed by atoms with van der Waals surface area (Å²) >= 11 is 0. The molecule has 0 amide bonds. The first kappa shape index (κ1) is 12.5. The maximum Gasteiger partial charge on any atom is 0.307 e. The Kier molecular flexibility index (Phi) is 3.86. The van der Waals surface area contributed by atoms with Gasteiger partial charge in [-0.15, -0.1) is 0 Å². The highest BCUT2D eigenvalue weighted by Crippen LogP contribution is 2.25. The summed E-state index contributed by atoms with van der Waals surface area (Å²) < 4.78 is 26.5. The summed E-state index contributed by atoms with van der Waals surface area (Å²) in [6, 6.07) is 0.288. The molecule has 3 N–H and O–H groups in total. The molecule has 0 heterocycles. The van der Waals surface area contributed by atoms with E-state index in [-0.39, 0.29) is 18.6 Å². The summed E-state index contributed by atoms with van der Waals surface area (Å²) in [7, 11) is 0. The summed E-state index contributed by atoms with van der Waals surface area (Å²) in [5, 5.41) is 18.9. The van der Waals surface area contributed by atoms with Crippen LogP contribution < -0.4 is 5.73 Å². The van der Waals surface area contributed by atoms with Crippen molar-refractivity contribution < 1.29 is 18.8 Å². The lowest BCUT2D eigenvalue weighted by atomic mass is 10.0. The van der Waals surface area contributed by atoms with E-state index in [1.807, 2.05) is 0 Å². The van der Waals surface area contributed by atoms with Gasteiger partial charge in [0.15, 0.2) is 0 Å². The Bertz CT molecular complexity index is 412. The van der Waals surface area contributed by atoms with Crippen LogP contribution in [0.3, 0.4) is 0 Å². The zero-order valence-corrected chi connectivity index (χ0v) is 8.19. The molecule has 1 unspecified atom stereocenters. The van der Waals surface area contributed by atoms with Crippen LogP contribution in [-0.2, 0) is 0 Å². The molecular formula is C9H10F2N2O3. The highest BCUT2D eigenvalue weighted by atomic mass is 19.1. The van der Waals surface area contributed by atoms with Gasteiger partial charge in [0, 0.05) is 18.2 Å². The number of halogens is 2. The number of nitro benzene ring substituents is 1. The lowest BCUT2D eigenvalue weighted by Crippen LogP contribution is -2.14. The number of aliphatic hydroxyl groups excluding tert-OH is 1. The second kappa shape index (κ2) is 4.95. The average molecular weight is 232 g/mol. The average Bonchev–Trinajstić information content (AvgIpc) is 2.20. The van der Waals surface area contributed by atoms with Crippen molar-refractivity contribution in [3.8, 4) is 0 Å². The van der Waals surface area contributed by atoms with Crippen LogP contribution in [0.5, 0.6) is 0 Å². The zero-order chi connectivity index (χ0) is 12.3. The van der Waals surface area contributed by atoms with Crippen LogP contribution in [0, 0.1) is 21.7 Å². The van der Waals surface area contributed by atoms with Crippen LogP contribution >= 0.6 is 0 Å². The fourth-order valence-corrected chi connectivity index (χ4v) is 1.27. The Hall–Kier alpha value is -1.60. The molecule has 1 atom stereocenters. The summed E-state index contributed by atoms with van der Waals surface area (Å²) in [5.74, 6) is -2.09. The van der Waals surface area contributed by atoms with Crippen molar-refractivity contribution >= 4 is 5.69 Å². The third kappa shape index (κ3) is 2.50. The Labute approximate surface area is 89.6 Å². The smallest absolute Gasteiger partial charge is 0.307 e. The van der Waals surface area contributed by atoms with E-state index >= 15 is 0 Å². The van der Waals surface area contributed by atoms with Crippen LogP contribution in [0.2, 0.25) is 0 Å². The SMILES string of the molecule is NC(CCO)c1cc(F)c([N+](=O)[O-])cc1F. The number of nitrogens with zero attached hydrogens (tertiary/aromatic N) is 1. The van der Waals surface area contributed by atoms with Crippen LogP contribution in [0.4, 0.5) is 14.5 Å². The van der Waals surface area contributed by atoms with Gasteiger partial charge in [0.1, 0.15) is 5.82 Å². The largest absolute Gasteiger partial charge is 0.396 e. The summed E-state index contributed by atoms with van der Waals surface area (Å²) in [4.78, 5) is 9.29. The van der Waals surface area contributed by atoms with Crippen molar-refractivity contribution in [3.05, 3.63) is 39.4 Å². The molecule has 0 fully saturated rings. The maximum atomic E-state index is 13.3. The van der Waals surface area contributed by atoms with E-state index in [0.29, 0.717) is 12.1 Å². The van der Waals surface area contributed by atoms with Gasteiger partial charge in [-0.1, -0.05) is 0 Å². The second-order valence-electron chi connectivity index (χ2n) is 3.20. The van der Waals surface area contributed by atoms with Gasteiger partial charge in [0.2, 0.25) is 5.82 Å². The molecule has 0 saturated carbocycles. The van der Waals surface area contributed by atoms with Gasteiger partial charge >= 0.3 is 5.69 Å². The molecule has 0 aliphatic heterocycles. The maximum absolute atomic E-state index is 13.3. The topological polar surface area (TPSA) is 89.4 Å². The number of nitro groups is 1. The van der Waals surface area contributed by atoms with Gasteiger partial charge < -0.3 is 10.8 Å². The van der Waals surface area contributed by atoms with Crippen molar-refractivity contribution in [3.63, 3.8) is 0 Å². The number of nitrogens with two attached hydrogens (primary N) is 1. The molecule has 0 radical (unpaired) electrons. The first-order chi connectivity index (χ1) is 7.47. The minimum atomic E-state index is -1.14. The van der Waals surface area contributed by atoms with Gasteiger partial charge in [-0.3, -0.25) is 10.1 Å². The fraction of sp³-hybridized carbons (Fsp3) is 0.333. The quantitative estimate of drug-likeness (QED) is 0.604. The molecule has 0 saturated heterocycles. The zero-order valence-electron chi connectivity index (χ0n) is 8.19. The lowest BCUT2D eigenvalue weighted by Gasteiger charge is -2.11. The standard InChI is InChI=1S/C9H10F2N2O3/c10-6-4-9(13(15)16)7(11)3-5(6)8(12)1-2-14/h3-4,8,14H,1-2,12H2. The Morgan fingerprint density at radius 2 is 2.06 bits per heavy atom. The predicted molar refractivity (Wildman–Crippen MR) is 51.6 cm³/mol. The molecule has 1 rings (SSSR count). The third-order valence-corrected chi connectivity index (χ3v) is 2.10. The van der Waals surface area contributed by atoms with E-state index in [0.717, 1.165) is 0 Å². The van der Waals surface area contributed by atoms with Crippen LogP contribution in [-0.4, -0.2) is 16.6 Å². The number of benzene rings is 1. The molecular weight excluding hydrogens is 222 g/mol. The van der Waals surface area contributed by atoms with E-state index in [1.54, 1.807) is 0 Å². The summed E-state index contributed by atoms with van der Waals surface area (Å²) in [6.45, 7) is -0.279. The predicted octanol–water partition coefficient (Wildman–Crippen LogP) is 1.26. The molecule has 0 aliphatic rings. The molecule has 0 spiro atoms. The number of hydrogen-bond donors (Lipinski definition) is 2. The van der Waals surface area contributed by atoms with Gasteiger partial charge in [0.25, 0.3) is 0 Å². The van der Waals surface area contributed by atoms with E-state index in [1.165, 1.54) is 0 Å². The summed E-state index contributed by atoms with van der Waals surface area (Å²) in [6.07, 6.45) is 0.0498. The number of aliphatic hydroxyl groups is 1. The van der Waals surface area contributed by atoms with Crippen LogP contribution in [0.25, 0.3) is 0 Å². The van der Waals surface area contributed by atoms with Gasteiger partial charge in [0.05, 0.1) is 11.0 Å². The minimum absolute atomic E-state index is 0.0498. The van der Waals surface area contributed by atoms with E-state index in [9.17, 15) is 18.9 Å². The first-order valence-electron chi connectivity index (χ1n) is 4.47. The molecule has 1 aromatic carbocycles. The van der Waals surface area contributed by atoms with E-state index < -0.39 is 28.3 Å². The Morgan fingerprint density at radius 1 is 1.44 bits per heavy atom. The van der Waals surface area contributed by atoms with Crippen molar-refractivity contribution in [2.24, 2.45) is 5.73 Å². The van der Waals surface area contributed by atoms with Crippen molar-refractivity contribution in [1.82, 2.24) is 0 Å². The van der Waals surface area contributed by atoms with Crippen molar-refractivity contribution in [1.29, 1.82) is 0 Å². The molecule has 88 valence electrons. The molecule has 0 aromatic heterocycles. The second-order valence-corrected chi connectivity index (χ2v) is 3.20. The van der Waals surface area contributed by atoms with Crippen LogP contribution in [0.1, 0.15) is 18.0 Å². The van der Waals surface area contributed by atoms with Gasteiger partial charge in [-0.25, -0.2) is 4.39 Å². The number of hydrogen-bond acceptors (Lipinski definition) is 4. The Morgan fingerprint density at radius 3 is 2.56 bits per heavy atom. The number of rotatable bonds is 4. The molecule has 1 aromatic rings. The van der Waals surface area contributed by atoms with E-state index in [4.69, 9.17) is 10.8 Å². The fourth-order valence-electron chi connectivity index (χ4n) is 1.27. The van der Waals surface area contributed by atoms with Gasteiger partial charge in [-0.2, -0.15) is 4.39 Å². The minimum Gasteiger partial charge on any atom is -0.396 e.